The largest absolute Gasteiger partial charge is 0.394 e. The van der Waals surface area contributed by atoms with Gasteiger partial charge in [0.2, 0.25) is 5.91 Å². The second kappa shape index (κ2) is 5.64. The van der Waals surface area contributed by atoms with Crippen molar-refractivity contribution in [3.63, 3.8) is 0 Å². The molecule has 1 heterocycles. The van der Waals surface area contributed by atoms with E-state index < -0.39 is 5.54 Å². The fourth-order valence-electron chi connectivity index (χ4n) is 2.30. The lowest BCUT2D eigenvalue weighted by Crippen LogP contribution is -2.59. The van der Waals surface area contributed by atoms with Gasteiger partial charge in [-0.25, -0.2) is 0 Å². The third kappa shape index (κ3) is 2.55. The predicted octanol–water partition coefficient (Wildman–Crippen LogP) is 0.877. The highest BCUT2D eigenvalue weighted by Gasteiger charge is 2.37. The molecule has 1 aliphatic heterocycles. The Kier molecular flexibility index (Phi) is 4.74. The molecule has 4 heteroatoms. The predicted molar refractivity (Wildman–Crippen MR) is 63.9 cm³/mol. The highest BCUT2D eigenvalue weighted by molar-refractivity contribution is 5.86. The average Bonchev–Trinajstić information content (AvgIpc) is 2.36. The van der Waals surface area contributed by atoms with Gasteiger partial charge in [0.15, 0.2) is 0 Å². The number of likely N-dealkylation sites (tertiary alicyclic amines) is 1. The number of hydrogen-bond donors (Lipinski definition) is 2. The molecule has 1 atom stereocenters. The van der Waals surface area contributed by atoms with Crippen LogP contribution in [0.15, 0.2) is 0 Å². The van der Waals surface area contributed by atoms with E-state index >= 15 is 0 Å². The summed E-state index contributed by atoms with van der Waals surface area (Å²) in [4.78, 5) is 14.1. The van der Waals surface area contributed by atoms with Crippen molar-refractivity contribution in [2.45, 2.75) is 57.5 Å². The summed E-state index contributed by atoms with van der Waals surface area (Å²) in [6.07, 6.45) is 4.30. The van der Waals surface area contributed by atoms with Crippen LogP contribution in [0.25, 0.3) is 0 Å². The van der Waals surface area contributed by atoms with Crippen molar-refractivity contribution in [3.05, 3.63) is 0 Å². The molecule has 3 N–H and O–H groups in total. The molecule has 0 saturated carbocycles. The number of carbonyl (C=O) groups excluding carboxylic acids is 1. The van der Waals surface area contributed by atoms with Crippen molar-refractivity contribution in [2.75, 3.05) is 13.2 Å². The summed E-state index contributed by atoms with van der Waals surface area (Å²) < 4.78 is 0. The molecule has 0 aromatic rings. The second-order valence-electron chi connectivity index (χ2n) is 4.69. The van der Waals surface area contributed by atoms with E-state index in [-0.39, 0.29) is 18.6 Å². The van der Waals surface area contributed by atoms with E-state index in [1.807, 2.05) is 13.8 Å². The number of nitrogens with zero attached hydrogens (tertiary/aromatic N) is 1. The minimum absolute atomic E-state index is 0.0104. The molecule has 0 radical (unpaired) electrons. The Morgan fingerprint density at radius 2 is 2.06 bits per heavy atom. The van der Waals surface area contributed by atoms with Gasteiger partial charge in [0.1, 0.15) is 0 Å². The minimum atomic E-state index is -0.745. The first-order chi connectivity index (χ1) is 7.59. The van der Waals surface area contributed by atoms with E-state index in [1.165, 1.54) is 0 Å². The lowest BCUT2D eigenvalue weighted by atomic mass is 9.90. The van der Waals surface area contributed by atoms with Crippen molar-refractivity contribution in [1.29, 1.82) is 0 Å². The molecule has 0 aromatic carbocycles. The highest BCUT2D eigenvalue weighted by atomic mass is 16.3. The second-order valence-corrected chi connectivity index (χ2v) is 4.69. The number of amides is 1. The molecule has 0 aliphatic carbocycles. The summed E-state index contributed by atoms with van der Waals surface area (Å²) in [5.74, 6) is 0.0104. The van der Waals surface area contributed by atoms with E-state index in [4.69, 9.17) is 5.73 Å². The topological polar surface area (TPSA) is 66.6 Å². The fourth-order valence-corrected chi connectivity index (χ4v) is 2.30. The molecule has 16 heavy (non-hydrogen) atoms. The third-order valence-electron chi connectivity index (χ3n) is 3.79. The SMILES string of the molecule is CCC(N)(CC)C(=O)N1CCCCC1CO. The first-order valence-electron chi connectivity index (χ1n) is 6.29. The van der Waals surface area contributed by atoms with Gasteiger partial charge in [0.25, 0.3) is 0 Å². The maximum Gasteiger partial charge on any atom is 0.242 e. The van der Waals surface area contributed by atoms with Crippen LogP contribution in [0.3, 0.4) is 0 Å². The normalized spacial score (nSPS) is 22.2. The van der Waals surface area contributed by atoms with Crippen LogP contribution in [-0.4, -0.2) is 40.6 Å². The minimum Gasteiger partial charge on any atom is -0.394 e. The smallest absolute Gasteiger partial charge is 0.242 e. The molecule has 0 bridgehead atoms. The van der Waals surface area contributed by atoms with Crippen LogP contribution >= 0.6 is 0 Å². The first-order valence-corrected chi connectivity index (χ1v) is 6.29. The maximum absolute atomic E-state index is 12.3. The number of piperidine rings is 1. The first kappa shape index (κ1) is 13.5. The van der Waals surface area contributed by atoms with Gasteiger partial charge in [-0.1, -0.05) is 13.8 Å². The Labute approximate surface area is 97.8 Å². The number of rotatable bonds is 4. The van der Waals surface area contributed by atoms with Crippen molar-refractivity contribution in [1.82, 2.24) is 4.90 Å². The Morgan fingerprint density at radius 3 is 2.56 bits per heavy atom. The van der Waals surface area contributed by atoms with Crippen LogP contribution in [0, 0.1) is 0 Å². The van der Waals surface area contributed by atoms with Gasteiger partial charge >= 0.3 is 0 Å². The van der Waals surface area contributed by atoms with Crippen molar-refractivity contribution in [2.24, 2.45) is 5.73 Å². The van der Waals surface area contributed by atoms with Gasteiger partial charge in [-0.2, -0.15) is 0 Å². The molecule has 1 saturated heterocycles. The highest BCUT2D eigenvalue weighted by Crippen LogP contribution is 2.22. The molecule has 1 amide bonds. The third-order valence-corrected chi connectivity index (χ3v) is 3.79. The number of aliphatic hydroxyl groups is 1. The Morgan fingerprint density at radius 1 is 1.44 bits per heavy atom. The van der Waals surface area contributed by atoms with Gasteiger partial charge in [-0.15, -0.1) is 0 Å². The van der Waals surface area contributed by atoms with Crippen LogP contribution in [0.1, 0.15) is 46.0 Å². The van der Waals surface area contributed by atoms with Gasteiger partial charge in [0.05, 0.1) is 18.2 Å². The molecule has 1 aliphatic rings. The molecular formula is C12H24N2O2. The summed E-state index contributed by atoms with van der Waals surface area (Å²) in [7, 11) is 0. The molecule has 1 rings (SSSR count). The zero-order valence-corrected chi connectivity index (χ0v) is 10.4. The van der Waals surface area contributed by atoms with Crippen LogP contribution in [-0.2, 0) is 4.79 Å². The Bertz CT molecular complexity index is 239. The number of hydrogen-bond acceptors (Lipinski definition) is 3. The summed E-state index contributed by atoms with van der Waals surface area (Å²) in [5.41, 5.74) is 5.37. The van der Waals surface area contributed by atoms with Crippen molar-refractivity contribution in [3.8, 4) is 0 Å². The molecule has 0 aromatic heterocycles. The van der Waals surface area contributed by atoms with Gasteiger partial charge < -0.3 is 15.7 Å². The van der Waals surface area contributed by atoms with Gasteiger partial charge in [-0.3, -0.25) is 4.79 Å². The average molecular weight is 228 g/mol. The lowest BCUT2D eigenvalue weighted by Gasteiger charge is -2.40. The van der Waals surface area contributed by atoms with Crippen LogP contribution in [0.2, 0.25) is 0 Å². The quantitative estimate of drug-likeness (QED) is 0.750. The van der Waals surface area contributed by atoms with E-state index in [9.17, 15) is 9.90 Å². The number of nitrogens with two attached hydrogens (primary N) is 1. The lowest BCUT2D eigenvalue weighted by molar-refractivity contribution is -0.142. The summed E-state index contributed by atoms with van der Waals surface area (Å²) in [5, 5.41) is 9.29. The van der Waals surface area contributed by atoms with Crippen molar-refractivity contribution >= 4 is 5.91 Å². The fraction of sp³-hybridized carbons (Fsp3) is 0.917. The zero-order valence-electron chi connectivity index (χ0n) is 10.4. The van der Waals surface area contributed by atoms with Gasteiger partial charge in [0, 0.05) is 6.54 Å². The Hall–Kier alpha value is -0.610. The van der Waals surface area contributed by atoms with Crippen molar-refractivity contribution < 1.29 is 9.90 Å². The summed E-state index contributed by atoms with van der Waals surface area (Å²) in [6, 6.07) is -0.0257. The molecule has 4 nitrogen and oxygen atoms in total. The summed E-state index contributed by atoms with van der Waals surface area (Å²) >= 11 is 0. The van der Waals surface area contributed by atoms with Crippen LogP contribution in [0.4, 0.5) is 0 Å². The molecular weight excluding hydrogens is 204 g/mol. The molecule has 94 valence electrons. The number of aliphatic hydroxyl groups excluding tert-OH is 1. The van der Waals surface area contributed by atoms with E-state index in [0.717, 1.165) is 25.8 Å². The van der Waals surface area contributed by atoms with E-state index in [0.29, 0.717) is 12.8 Å². The van der Waals surface area contributed by atoms with Crippen LogP contribution in [0.5, 0.6) is 0 Å². The van der Waals surface area contributed by atoms with E-state index in [2.05, 4.69) is 0 Å². The number of carbonyl (C=O) groups is 1. The maximum atomic E-state index is 12.3. The van der Waals surface area contributed by atoms with Crippen LogP contribution < -0.4 is 5.73 Å². The molecule has 0 spiro atoms. The standard InChI is InChI=1S/C12H24N2O2/c1-3-12(13,4-2)11(16)14-8-6-5-7-10(14)9-15/h10,15H,3-9,13H2,1-2H3. The monoisotopic (exact) mass is 228 g/mol. The molecule has 1 fully saturated rings. The van der Waals surface area contributed by atoms with E-state index in [1.54, 1.807) is 4.90 Å². The van der Waals surface area contributed by atoms with Gasteiger partial charge in [-0.05, 0) is 32.1 Å². The molecule has 1 unspecified atom stereocenters. The zero-order chi connectivity index (χ0) is 12.2. The Balaban J connectivity index is 2.77. The summed E-state index contributed by atoms with van der Waals surface area (Å²) in [6.45, 7) is 4.68.